The van der Waals surface area contributed by atoms with E-state index in [0.29, 0.717) is 24.3 Å². The van der Waals surface area contributed by atoms with Crippen LogP contribution < -0.4 is 4.74 Å². The lowest BCUT2D eigenvalue weighted by Crippen LogP contribution is -2.49. The number of halogens is 2. The van der Waals surface area contributed by atoms with Crippen LogP contribution in [0.5, 0.6) is 5.75 Å². The molecule has 0 unspecified atom stereocenters. The first-order chi connectivity index (χ1) is 16.9. The largest absolute Gasteiger partial charge is 0.491 e. The van der Waals surface area contributed by atoms with E-state index in [0.717, 1.165) is 12.0 Å². The minimum absolute atomic E-state index is 0.0961. The average Bonchev–Trinajstić information content (AvgIpc) is 3.34. The van der Waals surface area contributed by atoms with Gasteiger partial charge in [0.2, 0.25) is 5.91 Å². The molecule has 0 saturated carbocycles. The van der Waals surface area contributed by atoms with Crippen molar-refractivity contribution in [1.82, 2.24) is 9.80 Å². The highest BCUT2D eigenvalue weighted by Crippen LogP contribution is 2.34. The second kappa shape index (κ2) is 11.0. The van der Waals surface area contributed by atoms with E-state index >= 15 is 0 Å². The highest BCUT2D eigenvalue weighted by molar-refractivity contribution is 7.10. The molecular formula is C27H28F2N2O3S. The predicted molar refractivity (Wildman–Crippen MR) is 132 cm³/mol. The molecule has 2 amide bonds. The first kappa shape index (κ1) is 24.9. The molecule has 0 bridgehead atoms. The van der Waals surface area contributed by atoms with Gasteiger partial charge >= 0.3 is 0 Å². The molecule has 184 valence electrons. The zero-order chi connectivity index (χ0) is 24.9. The van der Waals surface area contributed by atoms with Crippen molar-refractivity contribution in [2.24, 2.45) is 0 Å². The Kier molecular flexibility index (Phi) is 7.80. The molecule has 35 heavy (non-hydrogen) atoms. The van der Waals surface area contributed by atoms with Crippen molar-refractivity contribution < 1.29 is 23.1 Å². The topological polar surface area (TPSA) is 49.9 Å². The zero-order valence-electron chi connectivity index (χ0n) is 19.7. The maximum atomic E-state index is 13.6. The summed E-state index contributed by atoms with van der Waals surface area (Å²) in [6.45, 7) is 4.43. The Morgan fingerprint density at radius 1 is 1.14 bits per heavy atom. The number of carbonyl (C=O) groups excluding carboxylic acids is 2. The van der Waals surface area contributed by atoms with Gasteiger partial charge < -0.3 is 14.5 Å². The summed E-state index contributed by atoms with van der Waals surface area (Å²) in [5.41, 5.74) is 1.36. The molecule has 2 heterocycles. The maximum Gasteiger partial charge on any atom is 0.254 e. The van der Waals surface area contributed by atoms with Crippen molar-refractivity contribution in [1.29, 1.82) is 0 Å². The number of amides is 2. The fourth-order valence-corrected chi connectivity index (χ4v) is 5.18. The minimum Gasteiger partial charge on any atom is -0.491 e. The fraction of sp³-hybridized carbons (Fsp3) is 0.333. The van der Waals surface area contributed by atoms with Crippen LogP contribution >= 0.6 is 11.3 Å². The Balaban J connectivity index is 1.54. The summed E-state index contributed by atoms with van der Waals surface area (Å²) in [4.78, 5) is 31.3. The third-order valence-electron chi connectivity index (χ3n) is 6.40. The third-order valence-corrected chi connectivity index (χ3v) is 7.40. The van der Waals surface area contributed by atoms with Crippen LogP contribution in [0.4, 0.5) is 8.78 Å². The summed E-state index contributed by atoms with van der Waals surface area (Å²) in [6, 6.07) is 12.7. The summed E-state index contributed by atoms with van der Waals surface area (Å²) in [6.07, 6.45) is 1.39. The molecule has 8 heteroatoms. The molecule has 0 spiro atoms. The van der Waals surface area contributed by atoms with Crippen LogP contribution in [0.3, 0.4) is 0 Å². The lowest BCUT2D eigenvalue weighted by atomic mass is 10.00. The van der Waals surface area contributed by atoms with E-state index in [-0.39, 0.29) is 37.0 Å². The Labute approximate surface area is 207 Å². The molecule has 0 saturated heterocycles. The predicted octanol–water partition coefficient (Wildman–Crippen LogP) is 5.47. The quantitative estimate of drug-likeness (QED) is 0.414. The van der Waals surface area contributed by atoms with Gasteiger partial charge in [-0.1, -0.05) is 13.0 Å². The molecule has 3 aromatic rings. The smallest absolute Gasteiger partial charge is 0.254 e. The Bertz CT molecular complexity index is 1180. The number of fused-ring (bicyclic) bond motifs is 1. The van der Waals surface area contributed by atoms with E-state index in [1.165, 1.54) is 41.3 Å². The van der Waals surface area contributed by atoms with Crippen molar-refractivity contribution in [2.45, 2.75) is 38.8 Å². The summed E-state index contributed by atoms with van der Waals surface area (Å²) in [7, 11) is 0. The standard InChI is InChI=1S/C27H28F2N2O3S/c1-3-18(2)31(27(33)19-7-9-20(28)10-8-19)16-26(32)30-13-11-25-23(12-14-35-25)24(30)17-34-22-6-4-5-21(29)15-22/h4-10,12,14-15,18,24H,3,11,13,16-17H2,1-2H3/t18-,24+/m1/s1. The highest BCUT2D eigenvalue weighted by Gasteiger charge is 2.34. The van der Waals surface area contributed by atoms with Crippen LogP contribution in [-0.4, -0.2) is 47.4 Å². The third kappa shape index (κ3) is 5.70. The van der Waals surface area contributed by atoms with E-state index in [1.54, 1.807) is 33.3 Å². The molecule has 2 atom stereocenters. The van der Waals surface area contributed by atoms with Crippen LogP contribution in [0.25, 0.3) is 0 Å². The molecule has 5 nitrogen and oxygen atoms in total. The number of nitrogens with zero attached hydrogens (tertiary/aromatic N) is 2. The second-order valence-electron chi connectivity index (χ2n) is 8.62. The summed E-state index contributed by atoms with van der Waals surface area (Å²) >= 11 is 1.64. The van der Waals surface area contributed by atoms with Crippen LogP contribution in [0.1, 0.15) is 47.1 Å². The lowest BCUT2D eigenvalue weighted by molar-refractivity contribution is -0.136. The first-order valence-electron chi connectivity index (χ1n) is 11.7. The Hall–Kier alpha value is -3.26. The van der Waals surface area contributed by atoms with E-state index in [1.807, 2.05) is 25.3 Å². The van der Waals surface area contributed by atoms with Gasteiger partial charge in [-0.2, -0.15) is 0 Å². The van der Waals surface area contributed by atoms with Crippen molar-refractivity contribution in [3.8, 4) is 5.75 Å². The number of hydrogen-bond donors (Lipinski definition) is 0. The van der Waals surface area contributed by atoms with Gasteiger partial charge in [0.1, 0.15) is 30.5 Å². The van der Waals surface area contributed by atoms with Crippen LogP contribution in [0.15, 0.2) is 60.0 Å². The van der Waals surface area contributed by atoms with E-state index in [4.69, 9.17) is 4.74 Å². The summed E-state index contributed by atoms with van der Waals surface area (Å²) in [5, 5.41) is 2.00. The molecule has 0 N–H and O–H groups in total. The monoisotopic (exact) mass is 498 g/mol. The van der Waals surface area contributed by atoms with Crippen LogP contribution in [0.2, 0.25) is 0 Å². The molecule has 0 radical (unpaired) electrons. The number of ether oxygens (including phenoxy) is 1. The number of thiophene rings is 1. The van der Waals surface area contributed by atoms with Gasteiger partial charge in [-0.25, -0.2) is 8.78 Å². The van der Waals surface area contributed by atoms with Crippen LogP contribution in [-0.2, 0) is 11.2 Å². The van der Waals surface area contributed by atoms with E-state index < -0.39 is 11.6 Å². The number of benzene rings is 2. The van der Waals surface area contributed by atoms with Gasteiger partial charge in [0.05, 0.1) is 6.04 Å². The second-order valence-corrected chi connectivity index (χ2v) is 9.62. The summed E-state index contributed by atoms with van der Waals surface area (Å²) in [5.74, 6) is -0.918. The number of rotatable bonds is 8. The minimum atomic E-state index is -0.422. The van der Waals surface area contributed by atoms with Crippen molar-refractivity contribution in [2.75, 3.05) is 19.7 Å². The zero-order valence-corrected chi connectivity index (χ0v) is 20.6. The van der Waals surface area contributed by atoms with Crippen LogP contribution in [0, 0.1) is 11.6 Å². The Morgan fingerprint density at radius 2 is 1.91 bits per heavy atom. The molecule has 0 aliphatic carbocycles. The van der Waals surface area contributed by atoms with Gasteiger partial charge in [0, 0.05) is 29.1 Å². The van der Waals surface area contributed by atoms with E-state index in [2.05, 4.69) is 0 Å². The molecule has 0 fully saturated rings. The van der Waals surface area contributed by atoms with Gasteiger partial charge in [0.15, 0.2) is 0 Å². The van der Waals surface area contributed by atoms with Crippen molar-refractivity contribution in [3.63, 3.8) is 0 Å². The van der Waals surface area contributed by atoms with Gasteiger partial charge in [-0.15, -0.1) is 11.3 Å². The fourth-order valence-electron chi connectivity index (χ4n) is 4.25. The summed E-state index contributed by atoms with van der Waals surface area (Å²) < 4.78 is 32.9. The van der Waals surface area contributed by atoms with Gasteiger partial charge in [-0.05, 0) is 73.2 Å². The number of carbonyl (C=O) groups is 2. The molecule has 1 aliphatic heterocycles. The first-order valence-corrected chi connectivity index (χ1v) is 12.6. The number of hydrogen-bond acceptors (Lipinski definition) is 4. The lowest BCUT2D eigenvalue weighted by Gasteiger charge is -2.38. The van der Waals surface area contributed by atoms with Gasteiger partial charge in [-0.3, -0.25) is 9.59 Å². The van der Waals surface area contributed by atoms with Crippen molar-refractivity contribution >= 4 is 23.2 Å². The SMILES string of the molecule is CC[C@@H](C)N(CC(=O)N1CCc2sccc2[C@@H]1COc1cccc(F)c1)C(=O)c1ccc(F)cc1. The average molecular weight is 499 g/mol. The molecule has 1 aliphatic rings. The maximum absolute atomic E-state index is 13.6. The molecular weight excluding hydrogens is 470 g/mol. The Morgan fingerprint density at radius 3 is 2.63 bits per heavy atom. The molecule has 1 aromatic heterocycles. The molecule has 2 aromatic carbocycles. The van der Waals surface area contributed by atoms with E-state index in [9.17, 15) is 18.4 Å². The van der Waals surface area contributed by atoms with Gasteiger partial charge in [0.25, 0.3) is 5.91 Å². The highest BCUT2D eigenvalue weighted by atomic mass is 32.1. The van der Waals surface area contributed by atoms with Crippen molar-refractivity contribution in [3.05, 3.63) is 87.6 Å². The molecule has 4 rings (SSSR count). The normalized spacial score (nSPS) is 15.9.